The first-order valence-electron chi connectivity index (χ1n) is 4.64. The van der Waals surface area contributed by atoms with E-state index in [1.807, 2.05) is 0 Å². The number of carbonyl (C=O) groups is 1. The maximum absolute atomic E-state index is 11.3. The Morgan fingerprint density at radius 3 is 3.09 bits per heavy atom. The largest absolute Gasteiger partial charge is 0.356 e. The molecule has 2 bridgehead atoms. The van der Waals surface area contributed by atoms with Crippen molar-refractivity contribution in [1.82, 2.24) is 5.32 Å². The maximum Gasteiger partial charge on any atom is 0.223 e. The van der Waals surface area contributed by atoms with E-state index in [2.05, 4.69) is 5.32 Å². The summed E-state index contributed by atoms with van der Waals surface area (Å²) in [6, 6.07) is 0. The van der Waals surface area contributed by atoms with E-state index in [1.54, 1.807) is 0 Å². The molecule has 1 amide bonds. The van der Waals surface area contributed by atoms with Crippen LogP contribution >= 0.6 is 0 Å². The molecule has 1 saturated heterocycles. The van der Waals surface area contributed by atoms with Gasteiger partial charge in [0.2, 0.25) is 5.91 Å². The van der Waals surface area contributed by atoms with Gasteiger partial charge >= 0.3 is 0 Å². The van der Waals surface area contributed by atoms with Crippen molar-refractivity contribution < 1.29 is 4.79 Å². The molecule has 11 heavy (non-hydrogen) atoms. The molecule has 2 nitrogen and oxygen atoms in total. The Kier molecular flexibility index (Phi) is 1.84. The highest BCUT2D eigenvalue weighted by Crippen LogP contribution is 2.32. The lowest BCUT2D eigenvalue weighted by Crippen LogP contribution is -2.29. The molecule has 62 valence electrons. The summed E-state index contributed by atoms with van der Waals surface area (Å²) in [5.74, 6) is 1.51. The Morgan fingerprint density at radius 1 is 1.27 bits per heavy atom. The van der Waals surface area contributed by atoms with Crippen LogP contribution in [0, 0.1) is 11.8 Å². The number of nitrogens with one attached hydrogen (secondary N) is 1. The van der Waals surface area contributed by atoms with Gasteiger partial charge in [-0.15, -0.1) is 0 Å². The van der Waals surface area contributed by atoms with E-state index in [9.17, 15) is 4.79 Å². The molecule has 0 aromatic heterocycles. The van der Waals surface area contributed by atoms with Crippen molar-refractivity contribution in [3.8, 4) is 0 Å². The number of carbonyl (C=O) groups excluding carboxylic acids is 1. The SMILES string of the molecule is O=C1NCCC2CCCC1C2. The molecule has 1 aliphatic heterocycles. The normalized spacial score (nSPS) is 37.6. The first kappa shape index (κ1) is 7.14. The summed E-state index contributed by atoms with van der Waals surface area (Å²) in [7, 11) is 0. The summed E-state index contributed by atoms with van der Waals surface area (Å²) in [6.07, 6.45) is 6.12. The summed E-state index contributed by atoms with van der Waals surface area (Å²) in [5.41, 5.74) is 0. The van der Waals surface area contributed by atoms with Crippen molar-refractivity contribution in [3.63, 3.8) is 0 Å². The Morgan fingerprint density at radius 2 is 2.18 bits per heavy atom. The van der Waals surface area contributed by atoms with Crippen LogP contribution in [-0.2, 0) is 4.79 Å². The zero-order valence-electron chi connectivity index (χ0n) is 6.81. The predicted molar refractivity (Wildman–Crippen MR) is 43.1 cm³/mol. The number of rotatable bonds is 0. The predicted octanol–water partition coefficient (Wildman–Crippen LogP) is 1.31. The van der Waals surface area contributed by atoms with Gasteiger partial charge in [0.25, 0.3) is 0 Å². The quantitative estimate of drug-likeness (QED) is 0.558. The van der Waals surface area contributed by atoms with Crippen LogP contribution in [0.15, 0.2) is 0 Å². The molecule has 1 aliphatic carbocycles. The molecular weight excluding hydrogens is 138 g/mol. The highest BCUT2D eigenvalue weighted by atomic mass is 16.1. The summed E-state index contributed by atoms with van der Waals surface area (Å²) >= 11 is 0. The van der Waals surface area contributed by atoms with Gasteiger partial charge in [0, 0.05) is 12.5 Å². The molecule has 0 spiro atoms. The van der Waals surface area contributed by atoms with Crippen LogP contribution < -0.4 is 5.32 Å². The van der Waals surface area contributed by atoms with Crippen molar-refractivity contribution in [1.29, 1.82) is 0 Å². The minimum Gasteiger partial charge on any atom is -0.356 e. The molecule has 2 atom stereocenters. The van der Waals surface area contributed by atoms with E-state index in [-0.39, 0.29) is 0 Å². The third kappa shape index (κ3) is 1.39. The summed E-state index contributed by atoms with van der Waals surface area (Å²) in [6.45, 7) is 0.917. The van der Waals surface area contributed by atoms with E-state index in [0.717, 1.165) is 25.3 Å². The topological polar surface area (TPSA) is 29.1 Å². The van der Waals surface area contributed by atoms with Crippen molar-refractivity contribution in [2.45, 2.75) is 32.1 Å². The molecule has 1 saturated carbocycles. The number of hydrogen-bond donors (Lipinski definition) is 1. The number of hydrogen-bond acceptors (Lipinski definition) is 1. The molecule has 1 heterocycles. The molecule has 1 N–H and O–H groups in total. The van der Waals surface area contributed by atoms with Crippen molar-refractivity contribution >= 4 is 5.91 Å². The molecule has 2 rings (SSSR count). The average molecular weight is 153 g/mol. The zero-order valence-corrected chi connectivity index (χ0v) is 6.81. The summed E-state index contributed by atoms with van der Waals surface area (Å²) in [5, 5.41) is 2.98. The van der Waals surface area contributed by atoms with E-state index >= 15 is 0 Å². The molecule has 2 fully saturated rings. The lowest BCUT2D eigenvalue weighted by atomic mass is 9.81. The Balaban J connectivity index is 2.07. The second-order valence-corrected chi connectivity index (χ2v) is 3.81. The van der Waals surface area contributed by atoms with Gasteiger partial charge in [-0.2, -0.15) is 0 Å². The van der Waals surface area contributed by atoms with E-state index in [0.29, 0.717) is 11.8 Å². The maximum atomic E-state index is 11.3. The number of fused-ring (bicyclic) bond motifs is 2. The first-order chi connectivity index (χ1) is 5.36. The van der Waals surface area contributed by atoms with Crippen LogP contribution in [0.4, 0.5) is 0 Å². The lowest BCUT2D eigenvalue weighted by molar-refractivity contribution is -0.125. The standard InChI is InChI=1S/C9H15NO/c11-9-8-3-1-2-7(6-8)4-5-10-9/h7-8H,1-6H2,(H,10,11). The van der Waals surface area contributed by atoms with E-state index in [1.165, 1.54) is 19.3 Å². The highest BCUT2D eigenvalue weighted by Gasteiger charge is 2.29. The summed E-state index contributed by atoms with van der Waals surface area (Å²) < 4.78 is 0. The average Bonchev–Trinajstić information content (AvgIpc) is 2.14. The minimum atomic E-state index is 0.312. The van der Waals surface area contributed by atoms with Gasteiger partial charge < -0.3 is 5.32 Å². The molecule has 0 aromatic rings. The van der Waals surface area contributed by atoms with Gasteiger partial charge in [-0.25, -0.2) is 0 Å². The fraction of sp³-hybridized carbons (Fsp3) is 0.889. The van der Waals surface area contributed by atoms with Crippen LogP contribution in [0.1, 0.15) is 32.1 Å². The van der Waals surface area contributed by atoms with Crippen LogP contribution in [-0.4, -0.2) is 12.5 Å². The monoisotopic (exact) mass is 153 g/mol. The van der Waals surface area contributed by atoms with Crippen LogP contribution in [0.2, 0.25) is 0 Å². The van der Waals surface area contributed by atoms with Gasteiger partial charge in [0.15, 0.2) is 0 Å². The lowest BCUT2D eigenvalue weighted by Gasteiger charge is -2.23. The van der Waals surface area contributed by atoms with Gasteiger partial charge in [0.05, 0.1) is 0 Å². The summed E-state index contributed by atoms with van der Waals surface area (Å²) in [4.78, 5) is 11.3. The molecule has 2 aliphatic rings. The third-order valence-corrected chi connectivity index (χ3v) is 3.01. The molecule has 2 unspecified atom stereocenters. The minimum absolute atomic E-state index is 0.312. The number of amides is 1. The highest BCUT2D eigenvalue weighted by molar-refractivity contribution is 5.78. The van der Waals surface area contributed by atoms with Crippen molar-refractivity contribution in [2.75, 3.05) is 6.54 Å². The van der Waals surface area contributed by atoms with Crippen molar-refractivity contribution in [3.05, 3.63) is 0 Å². The fourth-order valence-electron chi connectivity index (χ4n) is 2.34. The third-order valence-electron chi connectivity index (χ3n) is 3.01. The molecule has 0 aromatic carbocycles. The first-order valence-corrected chi connectivity index (χ1v) is 4.64. The Hall–Kier alpha value is -0.530. The zero-order chi connectivity index (χ0) is 7.68. The molecular formula is C9H15NO. The van der Waals surface area contributed by atoms with E-state index < -0.39 is 0 Å². The smallest absolute Gasteiger partial charge is 0.223 e. The second kappa shape index (κ2) is 2.84. The van der Waals surface area contributed by atoms with Gasteiger partial charge in [-0.05, 0) is 25.2 Å². The second-order valence-electron chi connectivity index (χ2n) is 3.81. The van der Waals surface area contributed by atoms with Gasteiger partial charge in [-0.1, -0.05) is 12.8 Å². The van der Waals surface area contributed by atoms with Crippen LogP contribution in [0.5, 0.6) is 0 Å². The van der Waals surface area contributed by atoms with Crippen LogP contribution in [0.25, 0.3) is 0 Å². The van der Waals surface area contributed by atoms with Crippen molar-refractivity contribution in [2.24, 2.45) is 11.8 Å². The Bertz CT molecular complexity index is 167. The fourth-order valence-corrected chi connectivity index (χ4v) is 2.34. The Labute approximate surface area is 67.4 Å². The molecule has 0 radical (unpaired) electrons. The van der Waals surface area contributed by atoms with Gasteiger partial charge in [-0.3, -0.25) is 4.79 Å². The molecule has 2 heteroatoms. The van der Waals surface area contributed by atoms with Crippen LogP contribution in [0.3, 0.4) is 0 Å². The van der Waals surface area contributed by atoms with E-state index in [4.69, 9.17) is 0 Å². The van der Waals surface area contributed by atoms with Gasteiger partial charge in [0.1, 0.15) is 0 Å².